The number of alkyl halides is 3. The highest BCUT2D eigenvalue weighted by atomic mass is 35.6. The van der Waals surface area contributed by atoms with E-state index in [1.54, 1.807) is 24.3 Å². The van der Waals surface area contributed by atoms with Crippen LogP contribution in [-0.2, 0) is 0 Å². The first-order chi connectivity index (χ1) is 13.1. The van der Waals surface area contributed by atoms with Crippen LogP contribution < -0.4 is 10.6 Å². The van der Waals surface area contributed by atoms with Gasteiger partial charge >= 0.3 is 6.03 Å². The number of hydrogen-bond acceptors (Lipinski definition) is 4. The van der Waals surface area contributed by atoms with Crippen LogP contribution in [0.15, 0.2) is 59.9 Å². The molecule has 1 unspecified atom stereocenters. The van der Waals surface area contributed by atoms with Crippen LogP contribution in [0.25, 0.3) is 0 Å². The summed E-state index contributed by atoms with van der Waals surface area (Å²) in [5.74, 6) is -0.210. The molecule has 0 bridgehead atoms. The normalized spacial score (nSPS) is 14.6. The number of aliphatic hydroxyl groups excluding tert-OH is 1. The summed E-state index contributed by atoms with van der Waals surface area (Å²) in [5.41, 5.74) is 0.633. The van der Waals surface area contributed by atoms with Crippen LogP contribution in [0.5, 0.6) is 0 Å². The number of rotatable bonds is 4. The highest BCUT2D eigenvalue weighted by molar-refractivity contribution is 6.68. The molecular weight excluding hydrogens is 452 g/mol. The van der Waals surface area contributed by atoms with Crippen LogP contribution in [0.3, 0.4) is 0 Å². The molecule has 1 aromatic carbocycles. The predicted molar refractivity (Wildman–Crippen MR) is 112 cm³/mol. The van der Waals surface area contributed by atoms with Gasteiger partial charge in [-0.3, -0.25) is 0 Å². The lowest BCUT2D eigenvalue weighted by molar-refractivity contribution is -0.377. The Labute approximate surface area is 180 Å². The highest BCUT2D eigenvalue weighted by Gasteiger charge is 2.35. The summed E-state index contributed by atoms with van der Waals surface area (Å²) < 4.78 is -1.92. The second-order valence-electron chi connectivity index (χ2n) is 5.65. The summed E-state index contributed by atoms with van der Waals surface area (Å²) in [5, 5.41) is 37.3. The van der Waals surface area contributed by atoms with Crippen molar-refractivity contribution in [3.05, 3.63) is 75.3 Å². The fourth-order valence-electron chi connectivity index (χ4n) is 2.19. The Bertz CT molecular complexity index is 836. The Morgan fingerprint density at radius 3 is 2.18 bits per heavy atom. The van der Waals surface area contributed by atoms with Crippen LogP contribution in [-0.4, -0.2) is 31.6 Å². The minimum atomic E-state index is -1.92. The Hall–Kier alpha value is -2.06. The summed E-state index contributed by atoms with van der Waals surface area (Å²) >= 11 is 23.6. The number of nitrogens with one attached hydrogen (secondary N) is 2. The molecule has 11 heteroatoms. The molecule has 0 fully saturated rings. The third-order valence-electron chi connectivity index (χ3n) is 3.61. The lowest BCUT2D eigenvalue weighted by atomic mass is 10.0. The predicted octanol–water partition coefficient (Wildman–Crippen LogP) is 4.98. The Balaban J connectivity index is 2.10. The van der Waals surface area contributed by atoms with Crippen molar-refractivity contribution in [2.45, 2.75) is 16.3 Å². The van der Waals surface area contributed by atoms with Crippen molar-refractivity contribution in [3.63, 3.8) is 0 Å². The summed E-state index contributed by atoms with van der Waals surface area (Å²) in [4.78, 5) is 11.6. The van der Waals surface area contributed by atoms with Crippen LogP contribution in [0.4, 0.5) is 10.5 Å². The first-order valence-electron chi connectivity index (χ1n) is 7.75. The maximum Gasteiger partial charge on any atom is 0.319 e. The van der Waals surface area contributed by atoms with E-state index < -0.39 is 20.8 Å². The van der Waals surface area contributed by atoms with Crippen molar-refractivity contribution in [1.29, 1.82) is 0 Å². The fraction of sp³-hybridized carbons (Fsp3) is 0.176. The van der Waals surface area contributed by atoms with Crippen LogP contribution in [0, 0.1) is 10.4 Å². The molecule has 0 saturated carbocycles. The van der Waals surface area contributed by atoms with Crippen molar-refractivity contribution in [2.75, 3.05) is 5.32 Å². The zero-order chi connectivity index (χ0) is 20.9. The number of carbonyl (C=O) groups excluding carboxylic acids is 1. The molecule has 1 aliphatic rings. The number of allylic oxidation sites excluding steroid dienone is 5. The summed E-state index contributed by atoms with van der Waals surface area (Å²) in [6.07, 6.45) is 4.96. The monoisotopic (exact) mass is 464 g/mol. The number of anilines is 1. The Morgan fingerprint density at radius 2 is 1.68 bits per heavy atom. The molecule has 2 amide bonds. The van der Waals surface area contributed by atoms with Crippen molar-refractivity contribution in [3.8, 4) is 0 Å². The van der Waals surface area contributed by atoms with Gasteiger partial charge in [-0.2, -0.15) is 4.90 Å². The number of hydrogen-bond donors (Lipinski definition) is 3. The molecule has 28 heavy (non-hydrogen) atoms. The van der Waals surface area contributed by atoms with Crippen molar-refractivity contribution >= 4 is 63.8 Å². The van der Waals surface area contributed by atoms with Crippen molar-refractivity contribution in [1.82, 2.24) is 5.32 Å². The standard InChI is InChI=1S/C17H14Cl4N3O4/c18-11-3-5-12(6-4-11)22-16(26)23-15(17(19,20)21)9-14(25)10-1-7-13(8-2-10)24(27)28/h1-8,15H,9H2,(H3-,22,23,25,26,27,28)/q-1. The molecule has 1 aromatic rings. The van der Waals surface area contributed by atoms with Gasteiger partial charge in [0, 0.05) is 34.9 Å². The fourth-order valence-corrected chi connectivity index (χ4v) is 2.72. The Morgan fingerprint density at radius 1 is 1.11 bits per heavy atom. The molecule has 0 aromatic heterocycles. The van der Waals surface area contributed by atoms with Gasteiger partial charge in [-0.25, -0.2) is 4.79 Å². The zero-order valence-corrected chi connectivity index (χ0v) is 17.1. The summed E-state index contributed by atoms with van der Waals surface area (Å²) in [7, 11) is 0. The number of aliphatic hydroxyl groups is 1. The van der Waals surface area contributed by atoms with Gasteiger partial charge in [0.2, 0.25) is 9.50 Å². The van der Waals surface area contributed by atoms with Crippen LogP contribution >= 0.6 is 46.4 Å². The largest absolute Gasteiger partial charge is 0.612 e. The number of urea groups is 1. The SMILES string of the molecule is O=C(Nc1ccc(Cl)cc1)NC(CC(O)=C1C=CC(=[N+]([O-])[O-])C=C1)C(Cl)(Cl)Cl. The van der Waals surface area contributed by atoms with E-state index in [1.165, 1.54) is 24.3 Å². The molecule has 7 nitrogen and oxygen atoms in total. The quantitative estimate of drug-likeness (QED) is 0.252. The first-order valence-corrected chi connectivity index (χ1v) is 9.27. The number of nitrogens with zero attached hydrogens (tertiary/aromatic N) is 1. The molecule has 150 valence electrons. The van der Waals surface area contributed by atoms with Gasteiger partial charge in [0.25, 0.3) is 0 Å². The summed E-state index contributed by atoms with van der Waals surface area (Å²) in [6.45, 7) is 0. The number of carbonyl (C=O) groups is 1. The number of amides is 2. The first kappa shape index (κ1) is 22.2. The molecule has 1 atom stereocenters. The number of benzene rings is 1. The van der Waals surface area contributed by atoms with E-state index in [0.29, 0.717) is 16.3 Å². The smallest absolute Gasteiger partial charge is 0.319 e. The van der Waals surface area contributed by atoms with Gasteiger partial charge in [0.1, 0.15) is 5.76 Å². The molecule has 0 heterocycles. The summed E-state index contributed by atoms with van der Waals surface area (Å²) in [6, 6.07) is 4.63. The van der Waals surface area contributed by atoms with Gasteiger partial charge in [0.15, 0.2) is 0 Å². The molecule has 0 aliphatic heterocycles. The van der Waals surface area contributed by atoms with Crippen molar-refractivity contribution < 1.29 is 14.8 Å². The third-order valence-corrected chi connectivity index (χ3v) is 4.65. The van der Waals surface area contributed by atoms with E-state index in [0.717, 1.165) is 0 Å². The van der Waals surface area contributed by atoms with Crippen LogP contribution in [0.1, 0.15) is 6.42 Å². The zero-order valence-electron chi connectivity index (χ0n) is 14.0. The molecule has 0 saturated heterocycles. The van der Waals surface area contributed by atoms with Gasteiger partial charge in [0.05, 0.1) is 6.04 Å². The molecule has 2 rings (SSSR count). The maximum absolute atomic E-state index is 12.2. The van der Waals surface area contributed by atoms with E-state index in [4.69, 9.17) is 46.4 Å². The molecule has 3 N–H and O–H groups in total. The lowest BCUT2D eigenvalue weighted by Crippen LogP contribution is -2.46. The minimum Gasteiger partial charge on any atom is -0.612 e. The molecule has 0 radical (unpaired) electrons. The minimum absolute atomic E-state index is 0.130. The van der Waals surface area contributed by atoms with E-state index >= 15 is 0 Å². The molecule has 0 spiro atoms. The molecule has 1 aliphatic carbocycles. The van der Waals surface area contributed by atoms with E-state index in [1.807, 2.05) is 0 Å². The lowest BCUT2D eigenvalue weighted by Gasteiger charge is -2.26. The highest BCUT2D eigenvalue weighted by Crippen LogP contribution is 2.34. The Kier molecular flexibility index (Phi) is 7.48. The average molecular weight is 466 g/mol. The van der Waals surface area contributed by atoms with Gasteiger partial charge < -0.3 is 26.2 Å². The van der Waals surface area contributed by atoms with Gasteiger partial charge in [-0.05, 0) is 36.4 Å². The average Bonchev–Trinajstić information content (AvgIpc) is 2.62. The second-order valence-corrected chi connectivity index (χ2v) is 8.46. The van der Waals surface area contributed by atoms with Gasteiger partial charge in [-0.1, -0.05) is 46.4 Å². The number of halogens is 4. The van der Waals surface area contributed by atoms with Crippen molar-refractivity contribution in [2.24, 2.45) is 0 Å². The van der Waals surface area contributed by atoms with Crippen LogP contribution in [0.2, 0.25) is 5.02 Å². The van der Waals surface area contributed by atoms with E-state index in [2.05, 4.69) is 10.6 Å². The van der Waals surface area contributed by atoms with E-state index in [-0.39, 0.29) is 17.9 Å². The maximum atomic E-state index is 12.2. The topological polar surface area (TPSA) is 110 Å². The molecular formula is C17H14Cl4N3O4-. The van der Waals surface area contributed by atoms with Gasteiger partial charge in [-0.15, -0.1) is 0 Å². The second kappa shape index (κ2) is 9.43. The third kappa shape index (κ3) is 6.53. The van der Waals surface area contributed by atoms with E-state index in [9.17, 15) is 20.3 Å².